The summed E-state index contributed by atoms with van der Waals surface area (Å²) in [7, 11) is 1.66. The van der Waals surface area contributed by atoms with Crippen molar-refractivity contribution in [3.05, 3.63) is 28.8 Å². The van der Waals surface area contributed by atoms with Gasteiger partial charge in [0.1, 0.15) is 5.75 Å². The van der Waals surface area contributed by atoms with E-state index in [-0.39, 0.29) is 17.9 Å². The van der Waals surface area contributed by atoms with Crippen molar-refractivity contribution in [1.29, 1.82) is 0 Å². The zero-order valence-corrected chi connectivity index (χ0v) is 11.8. The summed E-state index contributed by atoms with van der Waals surface area (Å²) in [5.74, 6) is 1.03. The van der Waals surface area contributed by atoms with Crippen molar-refractivity contribution in [2.24, 2.45) is 11.7 Å². The first-order valence-corrected chi connectivity index (χ1v) is 6.68. The Morgan fingerprint density at radius 3 is 2.68 bits per heavy atom. The van der Waals surface area contributed by atoms with Gasteiger partial charge in [0, 0.05) is 24.1 Å². The molecular weight excluding hydrogens is 240 g/mol. The molecule has 1 saturated carbocycles. The van der Waals surface area contributed by atoms with Crippen molar-refractivity contribution in [2.45, 2.75) is 39.3 Å². The summed E-state index contributed by atoms with van der Waals surface area (Å²) in [5, 5.41) is 2.98. The smallest absolute Gasteiger partial charge is 0.223 e. The van der Waals surface area contributed by atoms with E-state index >= 15 is 0 Å². The molecule has 0 aromatic heterocycles. The molecule has 1 aromatic carbocycles. The molecule has 4 heteroatoms. The molecule has 3 N–H and O–H groups in total. The number of carbonyl (C=O) groups excluding carboxylic acids is 1. The van der Waals surface area contributed by atoms with Gasteiger partial charge in [-0.15, -0.1) is 0 Å². The second-order valence-electron chi connectivity index (χ2n) is 5.41. The molecule has 1 aliphatic carbocycles. The maximum absolute atomic E-state index is 11.9. The van der Waals surface area contributed by atoms with E-state index in [0.29, 0.717) is 6.54 Å². The average molecular weight is 262 g/mol. The molecule has 0 aliphatic heterocycles. The molecule has 0 bridgehead atoms. The monoisotopic (exact) mass is 262 g/mol. The Kier molecular flexibility index (Phi) is 4.10. The van der Waals surface area contributed by atoms with E-state index in [0.717, 1.165) is 35.3 Å². The Balaban J connectivity index is 2.01. The molecule has 1 amide bonds. The fourth-order valence-corrected chi connectivity index (χ4v) is 2.56. The zero-order chi connectivity index (χ0) is 14.0. The maximum Gasteiger partial charge on any atom is 0.223 e. The lowest BCUT2D eigenvalue weighted by Crippen LogP contribution is -2.44. The van der Waals surface area contributed by atoms with E-state index in [9.17, 15) is 4.79 Å². The molecule has 1 fully saturated rings. The number of hydrogen-bond donors (Lipinski definition) is 2. The third-order valence-electron chi connectivity index (χ3n) is 3.78. The summed E-state index contributed by atoms with van der Waals surface area (Å²) >= 11 is 0. The molecule has 1 aliphatic rings. The SMILES string of the molecule is COc1cc(C)cc(C)c1CNC(=O)C1CC(N)C1. The Bertz CT molecular complexity index is 479. The fraction of sp³-hybridized carbons (Fsp3) is 0.533. The second kappa shape index (κ2) is 5.61. The topological polar surface area (TPSA) is 64.3 Å². The third-order valence-corrected chi connectivity index (χ3v) is 3.78. The van der Waals surface area contributed by atoms with Crippen LogP contribution in [0.25, 0.3) is 0 Å². The average Bonchev–Trinajstić information content (AvgIpc) is 2.32. The Labute approximate surface area is 114 Å². The first-order valence-electron chi connectivity index (χ1n) is 6.68. The van der Waals surface area contributed by atoms with Crippen LogP contribution in [0.1, 0.15) is 29.5 Å². The van der Waals surface area contributed by atoms with Crippen LogP contribution >= 0.6 is 0 Å². The molecule has 0 atom stereocenters. The van der Waals surface area contributed by atoms with Crippen molar-refractivity contribution in [1.82, 2.24) is 5.32 Å². The fourth-order valence-electron chi connectivity index (χ4n) is 2.56. The van der Waals surface area contributed by atoms with E-state index in [2.05, 4.69) is 11.4 Å². The lowest BCUT2D eigenvalue weighted by atomic mass is 9.80. The molecule has 2 rings (SSSR count). The van der Waals surface area contributed by atoms with Gasteiger partial charge in [0.05, 0.1) is 7.11 Å². The van der Waals surface area contributed by atoms with Crippen LogP contribution in [-0.4, -0.2) is 19.1 Å². The van der Waals surface area contributed by atoms with Crippen LogP contribution in [0.2, 0.25) is 0 Å². The standard InChI is InChI=1S/C15H22N2O2/c1-9-4-10(2)13(14(5-9)19-3)8-17-15(18)11-6-12(16)7-11/h4-5,11-12H,6-8,16H2,1-3H3,(H,17,18). The summed E-state index contributed by atoms with van der Waals surface area (Å²) in [4.78, 5) is 11.9. The van der Waals surface area contributed by atoms with Crippen LogP contribution in [0, 0.1) is 19.8 Å². The number of benzene rings is 1. The summed E-state index contributed by atoms with van der Waals surface area (Å²) in [6.45, 7) is 4.59. The highest BCUT2D eigenvalue weighted by molar-refractivity contribution is 5.79. The highest BCUT2D eigenvalue weighted by Gasteiger charge is 2.31. The quantitative estimate of drug-likeness (QED) is 0.867. The van der Waals surface area contributed by atoms with Crippen LogP contribution in [0.15, 0.2) is 12.1 Å². The van der Waals surface area contributed by atoms with Crippen LogP contribution < -0.4 is 15.8 Å². The Morgan fingerprint density at radius 2 is 2.11 bits per heavy atom. The zero-order valence-electron chi connectivity index (χ0n) is 11.8. The minimum atomic E-state index is 0.0896. The van der Waals surface area contributed by atoms with Gasteiger partial charge in [-0.1, -0.05) is 6.07 Å². The van der Waals surface area contributed by atoms with Gasteiger partial charge in [-0.2, -0.15) is 0 Å². The Morgan fingerprint density at radius 1 is 1.42 bits per heavy atom. The minimum Gasteiger partial charge on any atom is -0.496 e. The number of rotatable bonds is 4. The summed E-state index contributed by atoms with van der Waals surface area (Å²) in [6.07, 6.45) is 1.60. The molecule has 0 radical (unpaired) electrons. The number of nitrogens with one attached hydrogen (secondary N) is 1. The number of amides is 1. The Hall–Kier alpha value is -1.55. The molecule has 19 heavy (non-hydrogen) atoms. The van der Waals surface area contributed by atoms with E-state index < -0.39 is 0 Å². The third kappa shape index (κ3) is 3.07. The minimum absolute atomic E-state index is 0.0896. The maximum atomic E-state index is 11.9. The lowest BCUT2D eigenvalue weighted by molar-refractivity contribution is -0.128. The van der Waals surface area contributed by atoms with Crippen LogP contribution in [-0.2, 0) is 11.3 Å². The summed E-state index contributed by atoms with van der Waals surface area (Å²) in [5.41, 5.74) is 9.05. The normalized spacial score (nSPS) is 21.7. The largest absolute Gasteiger partial charge is 0.496 e. The van der Waals surface area contributed by atoms with Crippen LogP contribution in [0.5, 0.6) is 5.75 Å². The van der Waals surface area contributed by atoms with Crippen molar-refractivity contribution >= 4 is 5.91 Å². The van der Waals surface area contributed by atoms with E-state index in [1.165, 1.54) is 0 Å². The van der Waals surface area contributed by atoms with Gasteiger partial charge in [0.15, 0.2) is 0 Å². The van der Waals surface area contributed by atoms with Gasteiger partial charge >= 0.3 is 0 Å². The second-order valence-corrected chi connectivity index (χ2v) is 5.41. The highest BCUT2D eigenvalue weighted by Crippen LogP contribution is 2.27. The van der Waals surface area contributed by atoms with E-state index in [4.69, 9.17) is 10.5 Å². The number of carbonyl (C=O) groups is 1. The highest BCUT2D eigenvalue weighted by atomic mass is 16.5. The van der Waals surface area contributed by atoms with E-state index in [1.54, 1.807) is 7.11 Å². The van der Waals surface area contributed by atoms with Gasteiger partial charge in [-0.25, -0.2) is 0 Å². The van der Waals surface area contributed by atoms with Gasteiger partial charge < -0.3 is 15.8 Å². The molecule has 0 heterocycles. The molecule has 104 valence electrons. The van der Waals surface area contributed by atoms with Gasteiger partial charge in [-0.05, 0) is 43.9 Å². The summed E-state index contributed by atoms with van der Waals surface area (Å²) < 4.78 is 5.39. The number of methoxy groups -OCH3 is 1. The molecule has 0 unspecified atom stereocenters. The molecule has 0 saturated heterocycles. The lowest BCUT2D eigenvalue weighted by Gasteiger charge is -2.31. The predicted molar refractivity (Wildman–Crippen MR) is 75.0 cm³/mol. The van der Waals surface area contributed by atoms with Crippen molar-refractivity contribution in [3.63, 3.8) is 0 Å². The molecule has 1 aromatic rings. The molecule has 0 spiro atoms. The van der Waals surface area contributed by atoms with Crippen LogP contribution in [0.3, 0.4) is 0 Å². The van der Waals surface area contributed by atoms with Gasteiger partial charge in [0.2, 0.25) is 5.91 Å². The van der Waals surface area contributed by atoms with Crippen LogP contribution in [0.4, 0.5) is 0 Å². The van der Waals surface area contributed by atoms with Crippen molar-refractivity contribution in [3.8, 4) is 5.75 Å². The first-order chi connectivity index (χ1) is 9.01. The number of nitrogens with two attached hydrogens (primary N) is 1. The molecule has 4 nitrogen and oxygen atoms in total. The summed E-state index contributed by atoms with van der Waals surface area (Å²) in [6, 6.07) is 4.29. The molecular formula is C15H22N2O2. The van der Waals surface area contributed by atoms with Crippen molar-refractivity contribution in [2.75, 3.05) is 7.11 Å². The first kappa shape index (κ1) is 13.9. The van der Waals surface area contributed by atoms with E-state index in [1.807, 2.05) is 19.9 Å². The van der Waals surface area contributed by atoms with Gasteiger partial charge in [0.25, 0.3) is 0 Å². The number of hydrogen-bond acceptors (Lipinski definition) is 3. The van der Waals surface area contributed by atoms with Crippen molar-refractivity contribution < 1.29 is 9.53 Å². The number of ether oxygens (including phenoxy) is 1. The predicted octanol–water partition coefficient (Wildman–Crippen LogP) is 1.67. The number of aryl methyl sites for hydroxylation is 2. The van der Waals surface area contributed by atoms with Gasteiger partial charge in [-0.3, -0.25) is 4.79 Å².